The van der Waals surface area contributed by atoms with E-state index in [0.29, 0.717) is 0 Å². The Balaban J connectivity index is -0.0000000450. The molecule has 6 heavy (non-hydrogen) atoms. The van der Waals surface area contributed by atoms with Crippen LogP contribution >= 0.6 is 8.60 Å². The van der Waals surface area contributed by atoms with Gasteiger partial charge in [-0.25, -0.2) is 0 Å². The normalized spacial score (nSPS) is 6.00. The van der Waals surface area contributed by atoms with Crippen molar-refractivity contribution in [3.8, 4) is 0 Å². The van der Waals surface area contributed by atoms with Crippen molar-refractivity contribution >= 4 is 8.60 Å². The second-order valence-electron chi connectivity index (χ2n) is 0.238. The molecule has 0 saturated carbocycles. The van der Waals surface area contributed by atoms with Gasteiger partial charge in [0, 0.05) is 0 Å². The van der Waals surface area contributed by atoms with Crippen LogP contribution in [0, 0.1) is 0 Å². The van der Waals surface area contributed by atoms with E-state index in [1.165, 1.54) is 0 Å². The summed E-state index contributed by atoms with van der Waals surface area (Å²) in [7, 11) is -3.12. The van der Waals surface area contributed by atoms with Crippen LogP contribution in [0.2, 0.25) is 0 Å². The summed E-state index contributed by atoms with van der Waals surface area (Å²) in [5.41, 5.74) is 0. The van der Waals surface area contributed by atoms with Gasteiger partial charge < -0.3 is 14.7 Å². The quantitative estimate of drug-likeness (QED) is 0.444. The Morgan fingerprint density at radius 2 is 1.17 bits per heavy atom. The average Bonchev–Trinajstić information content (AvgIpc) is 0.811. The van der Waals surface area contributed by atoms with Crippen molar-refractivity contribution in [1.82, 2.24) is 0 Å². The largest absolute Gasteiger partial charge is 1.00 e. The Hall–Kier alpha value is 4.41. The summed E-state index contributed by atoms with van der Waals surface area (Å²) in [6, 6.07) is 0. The zero-order valence-corrected chi connectivity index (χ0v) is 17.2. The van der Waals surface area contributed by atoms with Gasteiger partial charge in [-0.3, -0.25) is 0 Å². The van der Waals surface area contributed by atoms with Gasteiger partial charge in [-0.15, -0.1) is 0 Å². The summed E-state index contributed by atoms with van der Waals surface area (Å²) >= 11 is 0. The molecule has 26 valence electrons. The molecule has 0 aliphatic rings. The van der Waals surface area contributed by atoms with Crippen molar-refractivity contribution in [2.45, 2.75) is 0 Å². The van der Waals surface area contributed by atoms with E-state index in [0.717, 1.165) is 0 Å². The van der Waals surface area contributed by atoms with Gasteiger partial charge in [0.1, 0.15) is 0 Å². The smallest absolute Gasteiger partial charge is 0.820 e. The van der Waals surface area contributed by atoms with E-state index in [2.05, 4.69) is 0 Å². The van der Waals surface area contributed by atoms with Crippen LogP contribution in [0.4, 0.5) is 0 Å². The fourth-order valence-electron chi connectivity index (χ4n) is 0. The Morgan fingerprint density at radius 3 is 1.17 bits per heavy atom. The number of hydrogen-bond donors (Lipinski definition) is 1. The first-order chi connectivity index (χ1) is 1.73. The summed E-state index contributed by atoms with van der Waals surface area (Å²) in [6.07, 6.45) is 0. The standard InChI is InChI=1S/2Cs.HO3P/c;;1-4(2)3/h;;1H/q2*+1;-2. The molecule has 0 saturated heterocycles. The van der Waals surface area contributed by atoms with E-state index in [4.69, 9.17) is 14.7 Å². The summed E-state index contributed by atoms with van der Waals surface area (Å²) in [5, 5.41) is 0. The first-order valence-corrected chi connectivity index (χ1v) is 1.70. The molecule has 0 heterocycles. The van der Waals surface area contributed by atoms with E-state index in [1.807, 2.05) is 0 Å². The zero-order valence-electron chi connectivity index (χ0n) is 3.71. The molecule has 3 nitrogen and oxygen atoms in total. The zero-order chi connectivity index (χ0) is 3.58. The molecular formula is HCs2O3P. The van der Waals surface area contributed by atoms with Crippen LogP contribution in [-0.2, 0) is 0 Å². The third kappa shape index (κ3) is 23.7. The van der Waals surface area contributed by atoms with Gasteiger partial charge in [0.15, 0.2) is 0 Å². The third-order valence-electron chi connectivity index (χ3n) is 0. The molecule has 6 heteroatoms. The minimum Gasteiger partial charge on any atom is -0.820 e. The number of rotatable bonds is 0. The van der Waals surface area contributed by atoms with Crippen molar-refractivity contribution in [3.63, 3.8) is 0 Å². The second kappa shape index (κ2) is 12.1. The van der Waals surface area contributed by atoms with E-state index in [1.54, 1.807) is 0 Å². The maximum Gasteiger partial charge on any atom is 1.00 e. The third-order valence-corrected chi connectivity index (χ3v) is 0. The predicted octanol–water partition coefficient (Wildman–Crippen LogP) is -8.07. The van der Waals surface area contributed by atoms with Gasteiger partial charge in [0.05, 0.1) is 0 Å². The van der Waals surface area contributed by atoms with Gasteiger partial charge in [0.25, 0.3) is 0 Å². The summed E-state index contributed by atoms with van der Waals surface area (Å²) in [6.45, 7) is 0. The molecule has 0 unspecified atom stereocenters. The average molecular weight is 346 g/mol. The Bertz CT molecular complexity index is 13.5. The first-order valence-electron chi connectivity index (χ1n) is 0.565. The molecule has 0 radical (unpaired) electrons. The summed E-state index contributed by atoms with van der Waals surface area (Å²) in [4.78, 5) is 24.2. The van der Waals surface area contributed by atoms with E-state index < -0.39 is 8.60 Å². The Labute approximate surface area is 155 Å². The van der Waals surface area contributed by atoms with Gasteiger partial charge in [-0.1, -0.05) is 0 Å². The second-order valence-corrected chi connectivity index (χ2v) is 0.714. The van der Waals surface area contributed by atoms with Gasteiger partial charge in [-0.05, 0) is 0 Å². The Morgan fingerprint density at radius 1 is 1.17 bits per heavy atom. The van der Waals surface area contributed by atoms with Crippen molar-refractivity contribution in [3.05, 3.63) is 0 Å². The van der Waals surface area contributed by atoms with Gasteiger partial charge in [0.2, 0.25) is 0 Å². The minimum absolute atomic E-state index is 0. The fourth-order valence-corrected chi connectivity index (χ4v) is 0. The molecule has 0 bridgehead atoms. The molecule has 0 aromatic rings. The van der Waals surface area contributed by atoms with Crippen molar-refractivity contribution < 1.29 is 152 Å². The van der Waals surface area contributed by atoms with Crippen LogP contribution in [-0.4, -0.2) is 4.89 Å². The fraction of sp³-hybridized carbons (Fsp3) is 0. The van der Waals surface area contributed by atoms with Crippen molar-refractivity contribution in [2.24, 2.45) is 0 Å². The topological polar surface area (TPSA) is 66.3 Å². The van der Waals surface area contributed by atoms with Crippen LogP contribution in [0.3, 0.4) is 0 Å². The summed E-state index contributed by atoms with van der Waals surface area (Å²) in [5.74, 6) is 0. The molecule has 0 aliphatic carbocycles. The van der Waals surface area contributed by atoms with E-state index >= 15 is 0 Å². The van der Waals surface area contributed by atoms with Crippen molar-refractivity contribution in [1.29, 1.82) is 0 Å². The van der Waals surface area contributed by atoms with Gasteiger partial charge in [-0.2, -0.15) is 8.60 Å². The molecule has 0 aromatic heterocycles. The van der Waals surface area contributed by atoms with Crippen LogP contribution in [0.15, 0.2) is 0 Å². The maximum absolute atomic E-state index is 8.59. The summed E-state index contributed by atoms with van der Waals surface area (Å²) < 4.78 is 0. The molecule has 0 atom stereocenters. The Kier molecular flexibility index (Phi) is 33.9. The molecular weight excluding hydrogens is 345 g/mol. The molecule has 0 fully saturated rings. The first kappa shape index (κ1) is 16.8. The monoisotopic (exact) mass is 346 g/mol. The molecule has 0 amide bonds. The predicted molar refractivity (Wildman–Crippen MR) is 9.14 cm³/mol. The van der Waals surface area contributed by atoms with Gasteiger partial charge >= 0.3 is 138 Å². The van der Waals surface area contributed by atoms with Crippen LogP contribution in [0.1, 0.15) is 0 Å². The molecule has 0 aromatic carbocycles. The van der Waals surface area contributed by atoms with Crippen LogP contribution in [0.25, 0.3) is 0 Å². The van der Waals surface area contributed by atoms with Crippen molar-refractivity contribution in [2.75, 3.05) is 0 Å². The van der Waals surface area contributed by atoms with Crippen LogP contribution < -0.4 is 148 Å². The van der Waals surface area contributed by atoms with E-state index in [-0.39, 0.29) is 138 Å². The molecule has 0 aliphatic heterocycles. The molecule has 0 rings (SSSR count). The maximum atomic E-state index is 8.59. The van der Waals surface area contributed by atoms with E-state index in [9.17, 15) is 0 Å². The number of hydrogen-bond acceptors (Lipinski definition) is 3. The minimum atomic E-state index is -3.12. The molecule has 0 spiro atoms. The van der Waals surface area contributed by atoms with Crippen LogP contribution in [0.5, 0.6) is 0 Å². The molecule has 1 N–H and O–H groups in total. The SMILES string of the molecule is [Cs+].[Cs+].[O-]P([O-])O.